The highest BCUT2D eigenvalue weighted by molar-refractivity contribution is 5.95. The van der Waals surface area contributed by atoms with Gasteiger partial charge in [0.1, 0.15) is 5.82 Å². The molecule has 0 atom stereocenters. The van der Waals surface area contributed by atoms with Crippen LogP contribution in [0, 0.1) is 6.92 Å². The van der Waals surface area contributed by atoms with Crippen LogP contribution < -0.4 is 4.90 Å². The predicted molar refractivity (Wildman–Crippen MR) is 81.8 cm³/mol. The third kappa shape index (κ3) is 2.81. The van der Waals surface area contributed by atoms with E-state index in [1.165, 1.54) is 0 Å². The topological polar surface area (TPSA) is 93.8 Å². The number of H-pyrrole nitrogens is 2. The number of aromatic amines is 2. The molecule has 2 aromatic rings. The first-order valence-corrected chi connectivity index (χ1v) is 7.64. The van der Waals surface area contributed by atoms with Gasteiger partial charge in [0, 0.05) is 31.9 Å². The molecule has 0 aliphatic carbocycles. The van der Waals surface area contributed by atoms with E-state index < -0.39 is 0 Å². The minimum absolute atomic E-state index is 0.0583. The van der Waals surface area contributed by atoms with Crippen LogP contribution in [-0.2, 0) is 6.42 Å². The monoisotopic (exact) mass is 303 g/mol. The summed E-state index contributed by atoms with van der Waals surface area (Å²) in [6.07, 6.45) is 3.47. The van der Waals surface area contributed by atoms with Crippen LogP contribution in [0.5, 0.6) is 0 Å². The van der Waals surface area contributed by atoms with Gasteiger partial charge in [-0.3, -0.25) is 15.0 Å². The second-order valence-corrected chi connectivity index (χ2v) is 5.51. The lowest BCUT2D eigenvalue weighted by molar-refractivity contribution is 0.0745. The molecular formula is C14H21N7O. The summed E-state index contributed by atoms with van der Waals surface area (Å²) in [4.78, 5) is 20.9. The van der Waals surface area contributed by atoms with Gasteiger partial charge in [0.05, 0.1) is 11.8 Å². The zero-order valence-electron chi connectivity index (χ0n) is 13.0. The summed E-state index contributed by atoms with van der Waals surface area (Å²) in [6, 6.07) is 0. The molecule has 0 aromatic carbocycles. The van der Waals surface area contributed by atoms with Crippen LogP contribution in [0.3, 0.4) is 0 Å². The van der Waals surface area contributed by atoms with E-state index in [0.29, 0.717) is 24.6 Å². The van der Waals surface area contributed by atoms with Crippen molar-refractivity contribution in [2.24, 2.45) is 0 Å². The zero-order chi connectivity index (χ0) is 15.5. The average Bonchev–Trinajstić information content (AvgIpc) is 3.16. The molecule has 0 saturated carbocycles. The standard InChI is InChI=1S/C14H21N7O/c1-3-4-12-11(9-15-18-12)13(22)20-5-7-21(8-6-20)14-16-10(2)17-19-14/h9H,3-8H2,1-2H3,(H,15,18)(H,16,17,19). The third-order valence-electron chi connectivity index (χ3n) is 3.88. The number of nitrogens with one attached hydrogen (secondary N) is 2. The van der Waals surface area contributed by atoms with E-state index in [4.69, 9.17) is 0 Å². The van der Waals surface area contributed by atoms with Gasteiger partial charge in [-0.2, -0.15) is 10.1 Å². The van der Waals surface area contributed by atoms with Gasteiger partial charge < -0.3 is 9.80 Å². The highest BCUT2D eigenvalue weighted by atomic mass is 16.2. The van der Waals surface area contributed by atoms with Gasteiger partial charge in [-0.05, 0) is 13.3 Å². The van der Waals surface area contributed by atoms with Crippen molar-refractivity contribution < 1.29 is 4.79 Å². The fourth-order valence-electron chi connectivity index (χ4n) is 2.69. The molecule has 2 aromatic heterocycles. The lowest BCUT2D eigenvalue weighted by atomic mass is 10.1. The predicted octanol–water partition coefficient (Wildman–Crippen LogP) is 0.751. The van der Waals surface area contributed by atoms with Crippen LogP contribution in [0.25, 0.3) is 0 Å². The summed E-state index contributed by atoms with van der Waals surface area (Å²) >= 11 is 0. The molecular weight excluding hydrogens is 282 g/mol. The molecule has 1 amide bonds. The maximum atomic E-state index is 12.6. The fourth-order valence-corrected chi connectivity index (χ4v) is 2.69. The van der Waals surface area contributed by atoms with Crippen molar-refractivity contribution in [2.45, 2.75) is 26.7 Å². The van der Waals surface area contributed by atoms with Gasteiger partial charge >= 0.3 is 0 Å². The van der Waals surface area contributed by atoms with E-state index in [9.17, 15) is 4.79 Å². The number of anilines is 1. The van der Waals surface area contributed by atoms with E-state index >= 15 is 0 Å². The van der Waals surface area contributed by atoms with E-state index in [1.807, 2.05) is 11.8 Å². The molecule has 22 heavy (non-hydrogen) atoms. The van der Waals surface area contributed by atoms with E-state index in [1.54, 1.807) is 6.20 Å². The van der Waals surface area contributed by atoms with Crippen LogP contribution in [0.15, 0.2) is 6.20 Å². The quantitative estimate of drug-likeness (QED) is 0.869. The minimum Gasteiger partial charge on any atom is -0.336 e. The van der Waals surface area contributed by atoms with Crippen LogP contribution in [0.2, 0.25) is 0 Å². The van der Waals surface area contributed by atoms with E-state index in [-0.39, 0.29) is 5.91 Å². The van der Waals surface area contributed by atoms with Crippen molar-refractivity contribution in [3.63, 3.8) is 0 Å². The molecule has 0 radical (unpaired) electrons. The highest BCUT2D eigenvalue weighted by Gasteiger charge is 2.25. The summed E-state index contributed by atoms with van der Waals surface area (Å²) in [5, 5.41) is 14.0. The molecule has 1 saturated heterocycles. The Morgan fingerprint density at radius 1 is 1.27 bits per heavy atom. The molecule has 1 aliphatic rings. The number of hydrogen-bond acceptors (Lipinski definition) is 5. The summed E-state index contributed by atoms with van der Waals surface area (Å²) < 4.78 is 0. The Morgan fingerprint density at radius 2 is 2.05 bits per heavy atom. The molecule has 3 heterocycles. The fraction of sp³-hybridized carbons (Fsp3) is 0.571. The SMILES string of the molecule is CCCc1[nH]ncc1C(=O)N1CCN(c2n[nH]c(C)n2)CC1. The number of amides is 1. The molecule has 0 bridgehead atoms. The van der Waals surface area contributed by atoms with Crippen molar-refractivity contribution >= 4 is 11.9 Å². The number of aromatic nitrogens is 5. The maximum Gasteiger partial charge on any atom is 0.257 e. The number of nitrogens with zero attached hydrogens (tertiary/aromatic N) is 5. The smallest absolute Gasteiger partial charge is 0.257 e. The van der Waals surface area contributed by atoms with Gasteiger partial charge in [-0.15, -0.1) is 5.10 Å². The average molecular weight is 303 g/mol. The molecule has 2 N–H and O–H groups in total. The highest BCUT2D eigenvalue weighted by Crippen LogP contribution is 2.15. The summed E-state index contributed by atoms with van der Waals surface area (Å²) in [5.41, 5.74) is 1.63. The molecule has 0 spiro atoms. The normalized spacial score (nSPS) is 15.4. The lowest BCUT2D eigenvalue weighted by Crippen LogP contribution is -2.49. The molecule has 8 nitrogen and oxygen atoms in total. The molecule has 3 rings (SSSR count). The van der Waals surface area contributed by atoms with Gasteiger partial charge in [0.15, 0.2) is 0 Å². The molecule has 118 valence electrons. The van der Waals surface area contributed by atoms with Crippen LogP contribution in [0.4, 0.5) is 5.95 Å². The Morgan fingerprint density at radius 3 is 2.68 bits per heavy atom. The largest absolute Gasteiger partial charge is 0.336 e. The zero-order valence-corrected chi connectivity index (χ0v) is 13.0. The first kappa shape index (κ1) is 14.6. The van der Waals surface area contributed by atoms with Crippen molar-refractivity contribution in [1.29, 1.82) is 0 Å². The number of piperazine rings is 1. The lowest BCUT2D eigenvalue weighted by Gasteiger charge is -2.34. The maximum absolute atomic E-state index is 12.6. The number of carbonyl (C=O) groups excluding carboxylic acids is 1. The summed E-state index contributed by atoms with van der Waals surface area (Å²) in [5.74, 6) is 1.57. The Kier molecular flexibility index (Phi) is 4.08. The number of aryl methyl sites for hydroxylation is 2. The molecule has 0 unspecified atom stereocenters. The van der Waals surface area contributed by atoms with Crippen LogP contribution in [0.1, 0.15) is 35.2 Å². The second-order valence-electron chi connectivity index (χ2n) is 5.51. The molecule has 1 fully saturated rings. The van der Waals surface area contributed by atoms with Crippen molar-refractivity contribution in [1.82, 2.24) is 30.3 Å². The minimum atomic E-state index is 0.0583. The van der Waals surface area contributed by atoms with Crippen LogP contribution >= 0.6 is 0 Å². The van der Waals surface area contributed by atoms with E-state index in [0.717, 1.165) is 37.4 Å². The first-order chi connectivity index (χ1) is 10.7. The first-order valence-electron chi connectivity index (χ1n) is 7.64. The van der Waals surface area contributed by atoms with Crippen molar-refractivity contribution in [3.05, 3.63) is 23.3 Å². The number of rotatable bonds is 4. The van der Waals surface area contributed by atoms with Gasteiger partial charge in [0.2, 0.25) is 5.95 Å². The summed E-state index contributed by atoms with van der Waals surface area (Å²) in [6.45, 7) is 6.79. The van der Waals surface area contributed by atoms with Crippen molar-refractivity contribution in [3.8, 4) is 0 Å². The number of hydrogen-bond donors (Lipinski definition) is 2. The molecule has 1 aliphatic heterocycles. The van der Waals surface area contributed by atoms with Gasteiger partial charge in [0.25, 0.3) is 5.91 Å². The third-order valence-corrected chi connectivity index (χ3v) is 3.88. The Labute approximate surface area is 128 Å². The van der Waals surface area contributed by atoms with E-state index in [2.05, 4.69) is 37.2 Å². The Balaban J connectivity index is 1.63. The van der Waals surface area contributed by atoms with Crippen molar-refractivity contribution in [2.75, 3.05) is 31.1 Å². The van der Waals surface area contributed by atoms with Gasteiger partial charge in [-0.1, -0.05) is 13.3 Å². The number of carbonyl (C=O) groups is 1. The molecule has 8 heteroatoms. The Bertz CT molecular complexity index is 639. The van der Waals surface area contributed by atoms with Crippen LogP contribution in [-0.4, -0.2) is 62.4 Å². The summed E-state index contributed by atoms with van der Waals surface area (Å²) in [7, 11) is 0. The van der Waals surface area contributed by atoms with Gasteiger partial charge in [-0.25, -0.2) is 0 Å². The Hall–Kier alpha value is -2.38. The second kappa shape index (κ2) is 6.17.